The van der Waals surface area contributed by atoms with Crippen LogP contribution >= 0.6 is 0 Å². The van der Waals surface area contributed by atoms with Crippen LogP contribution in [0.15, 0.2) is 340 Å². The van der Waals surface area contributed by atoms with Crippen molar-refractivity contribution < 1.29 is 0 Å². The highest BCUT2D eigenvalue weighted by molar-refractivity contribution is 6.26. The Balaban J connectivity index is 0.000000104. The lowest BCUT2D eigenvalue weighted by molar-refractivity contribution is 0.589. The summed E-state index contributed by atoms with van der Waals surface area (Å²) in [5.41, 5.74) is 38.3. The number of para-hydroxylation sites is 6. The van der Waals surface area contributed by atoms with E-state index >= 15 is 0 Å². The van der Waals surface area contributed by atoms with Crippen molar-refractivity contribution in [3.05, 3.63) is 379 Å². The van der Waals surface area contributed by atoms with E-state index in [0.29, 0.717) is 0 Å². The molecule has 23 rings (SSSR count). The van der Waals surface area contributed by atoms with Crippen LogP contribution in [0.4, 0.5) is 0 Å². The Labute approximate surface area is 751 Å². The second-order valence-electron chi connectivity index (χ2n) is 42.9. The fraction of sp³-hybridized carbons (Fsp3) is 0.226. The molecule has 6 heterocycles. The summed E-state index contributed by atoms with van der Waals surface area (Å²) in [7, 11) is 0. The third kappa shape index (κ3) is 14.7. The first-order valence-corrected chi connectivity index (χ1v) is 45.8. The Kier molecular flexibility index (Phi) is 20.3. The van der Waals surface area contributed by atoms with Crippen molar-refractivity contribution in [2.75, 3.05) is 0 Å². The van der Waals surface area contributed by atoms with Crippen LogP contribution < -0.4 is 0 Å². The first kappa shape index (κ1) is 83.5. The van der Waals surface area contributed by atoms with Gasteiger partial charge in [-0.05, 0) is 204 Å². The van der Waals surface area contributed by atoms with E-state index in [0.717, 1.165) is 0 Å². The zero-order valence-corrected chi connectivity index (χ0v) is 78.2. The number of nitrogens with zero attached hydrogens (tertiary/aromatic N) is 3. The summed E-state index contributed by atoms with van der Waals surface area (Å²) in [6.45, 7) is 48.1. The Morgan fingerprint density at radius 2 is 0.433 bits per heavy atom. The first-order chi connectivity index (χ1) is 60.5. The molecule has 630 valence electrons. The number of aromatic nitrogens is 3. The van der Waals surface area contributed by atoms with Gasteiger partial charge in [0, 0.05) is 64.6 Å². The van der Waals surface area contributed by atoms with Crippen LogP contribution in [-0.2, 0) is 37.9 Å². The molecule has 127 heavy (non-hydrogen) atoms. The quantitative estimate of drug-likeness (QED) is 0.164. The third-order valence-electron chi connectivity index (χ3n) is 27.0. The van der Waals surface area contributed by atoms with E-state index in [9.17, 15) is 0 Å². The highest BCUT2D eigenvalue weighted by atomic mass is 14.9. The molecule has 0 amide bonds. The van der Waals surface area contributed by atoms with Crippen LogP contribution in [0.5, 0.6) is 0 Å². The number of hydrogen-bond acceptors (Lipinski definition) is 0. The lowest BCUT2D eigenvalue weighted by Crippen LogP contribution is -2.15. The monoisotopic (exact) mass is 1650 g/mol. The van der Waals surface area contributed by atoms with Crippen LogP contribution in [0.1, 0.15) is 184 Å². The number of fused-ring (bicyclic) bond motifs is 26. The van der Waals surface area contributed by atoms with Gasteiger partial charge in [0.2, 0.25) is 0 Å². The van der Waals surface area contributed by atoms with Crippen LogP contribution in [0.25, 0.3) is 181 Å². The highest BCUT2D eigenvalue weighted by Gasteiger charge is 2.31. The summed E-state index contributed by atoms with van der Waals surface area (Å²) in [6, 6.07) is 125. The molecule has 1 aliphatic carbocycles. The van der Waals surface area contributed by atoms with Crippen molar-refractivity contribution in [2.24, 2.45) is 0 Å². The maximum absolute atomic E-state index is 2.45. The third-order valence-corrected chi connectivity index (χ3v) is 27.0. The minimum absolute atomic E-state index is 0.0390. The molecule has 22 aromatic rings. The zero-order chi connectivity index (χ0) is 88.9. The van der Waals surface area contributed by atoms with Crippen molar-refractivity contribution >= 4 is 114 Å². The van der Waals surface area contributed by atoms with E-state index in [1.165, 1.54) is 220 Å². The molecule has 3 nitrogen and oxygen atoms in total. The second kappa shape index (κ2) is 30.9. The minimum Gasteiger partial charge on any atom is -0.308 e. The summed E-state index contributed by atoms with van der Waals surface area (Å²) in [6.07, 6.45) is 0. The van der Waals surface area contributed by atoms with Gasteiger partial charge in [0.05, 0.1) is 49.7 Å². The molecule has 0 atom stereocenters. The summed E-state index contributed by atoms with van der Waals surface area (Å²) in [5.74, 6) is 0. The van der Waals surface area contributed by atoms with Crippen LogP contribution in [0, 0.1) is 0 Å². The lowest BCUT2D eigenvalue weighted by atomic mass is 9.76. The molecule has 0 N–H and O–H groups in total. The maximum Gasteiger partial charge on any atom is 0.0623 e. The van der Waals surface area contributed by atoms with Gasteiger partial charge in [-0.1, -0.05) is 424 Å². The second-order valence-corrected chi connectivity index (χ2v) is 42.9. The molecular weight excluding hydrogens is 1530 g/mol. The molecule has 1 aliphatic rings. The van der Waals surface area contributed by atoms with Gasteiger partial charge in [-0.15, -0.1) is 0 Å². The molecule has 0 saturated carbocycles. The fourth-order valence-electron chi connectivity index (χ4n) is 20.3. The largest absolute Gasteiger partial charge is 0.308 e. The number of benzene rings is 16. The Morgan fingerprint density at radius 1 is 0.157 bits per heavy atom. The van der Waals surface area contributed by atoms with Crippen LogP contribution in [-0.4, -0.2) is 13.2 Å². The van der Waals surface area contributed by atoms with Gasteiger partial charge in [-0.2, -0.15) is 0 Å². The molecule has 0 spiro atoms. The van der Waals surface area contributed by atoms with E-state index in [1.807, 2.05) is 0 Å². The van der Waals surface area contributed by atoms with Gasteiger partial charge in [0.25, 0.3) is 0 Å². The van der Waals surface area contributed by atoms with Gasteiger partial charge in [0.15, 0.2) is 0 Å². The Bertz CT molecular complexity index is 7760. The van der Waals surface area contributed by atoms with Crippen molar-refractivity contribution in [1.82, 2.24) is 13.2 Å². The van der Waals surface area contributed by atoms with Crippen molar-refractivity contribution in [3.8, 4) is 66.8 Å². The zero-order valence-electron chi connectivity index (χ0n) is 78.2. The number of rotatable bonds is 2. The van der Waals surface area contributed by atoms with Crippen molar-refractivity contribution in [3.63, 3.8) is 0 Å². The molecule has 16 aromatic carbocycles. The van der Waals surface area contributed by atoms with E-state index < -0.39 is 0 Å². The molecule has 6 aromatic heterocycles. The molecule has 0 bridgehead atoms. The van der Waals surface area contributed by atoms with Crippen molar-refractivity contribution in [2.45, 2.75) is 183 Å². The average molecular weight is 1650 g/mol. The molecule has 0 fully saturated rings. The van der Waals surface area contributed by atoms with E-state index in [4.69, 9.17) is 0 Å². The van der Waals surface area contributed by atoms with Crippen LogP contribution in [0.3, 0.4) is 0 Å². The molecule has 3 heteroatoms. The van der Waals surface area contributed by atoms with E-state index in [1.54, 1.807) is 0 Å². The van der Waals surface area contributed by atoms with Crippen molar-refractivity contribution in [1.29, 1.82) is 0 Å². The average Bonchev–Trinajstić information content (AvgIpc) is 1.84. The molecule has 0 aliphatic heterocycles. The highest BCUT2D eigenvalue weighted by Crippen LogP contribution is 2.51. The van der Waals surface area contributed by atoms with Gasteiger partial charge in [-0.3, -0.25) is 0 Å². The standard InChI is InChI=1S/C30H38.C28H24.3C22H19N/c1-28(2,3)23-17-13-21(14-18-23)25-11-10-12-26(27(25)30(7,8)9)22-15-19-24(20-16-22)29(4,5)6;1-28(2,3)19-16-17-26-24-14-7-6-12-22(24)20-10-4-5-11-21(20)23-13-8-9-15-25(23)27(26)18-19;1-22(2,3)14-12-17-15-8-4-6-10-19(15)23-20-11-7-5-9-16(20)18(13-14)21(17)23;1-22(2,3)17-13-12-15-14-8-4-6-10-18(14)23-19-11-7-5-9-16(19)20(17)21(15)23;1-22(2,3)14-11-12-20-18(13-14)17-9-6-8-16-15-7-4-5-10-19(15)23(20)21(16)17/h10-20H,1-9H3;4-18H,1-3H3;3*4-13H,1-3H3. The van der Waals surface area contributed by atoms with Gasteiger partial charge in [-0.25, -0.2) is 0 Å². The van der Waals surface area contributed by atoms with E-state index in [2.05, 4.69) is 498 Å². The number of hydrogen-bond donors (Lipinski definition) is 0. The predicted octanol–water partition coefficient (Wildman–Crippen LogP) is 35.3. The van der Waals surface area contributed by atoms with Crippen LogP contribution in [0.2, 0.25) is 0 Å². The molecule has 0 saturated heterocycles. The summed E-state index contributed by atoms with van der Waals surface area (Å²) in [5, 5.41) is 16.4. The molecule has 0 radical (unpaired) electrons. The Morgan fingerprint density at radius 3 is 0.835 bits per heavy atom. The maximum atomic E-state index is 2.45. The Hall–Kier alpha value is -13.1. The van der Waals surface area contributed by atoms with E-state index in [-0.39, 0.29) is 37.9 Å². The predicted molar refractivity (Wildman–Crippen MR) is 553 cm³/mol. The SMILES string of the molecule is CC(C)(C)c1cc2c3ccccc3n3c4ccccc4c(c1)c23.CC(C)(C)c1ccc(-c2cccc(-c3ccc(C(C)(C)C)cc3)c2C(C)(C)C)cc1.CC(C)(C)c1ccc2c(c1)-c1ccccc1-c1ccccc1-c1ccccc1-2.CC(C)(C)c1ccc2c(c1)c1cccc3c4ccccc4n2c31.CC(C)(C)c1ccc2c3ccccc3n3c4ccccc4c1c23. The van der Waals surface area contributed by atoms with Gasteiger partial charge >= 0.3 is 0 Å². The topological polar surface area (TPSA) is 13.2 Å². The lowest BCUT2D eigenvalue weighted by Gasteiger charge is -2.28. The smallest absolute Gasteiger partial charge is 0.0623 e. The van der Waals surface area contributed by atoms with Gasteiger partial charge < -0.3 is 13.2 Å². The normalized spacial score (nSPS) is 12.8. The minimum atomic E-state index is 0.0390. The molecular formula is C124H119N3. The van der Waals surface area contributed by atoms with Gasteiger partial charge in [0.1, 0.15) is 0 Å². The fourth-order valence-corrected chi connectivity index (χ4v) is 20.3. The summed E-state index contributed by atoms with van der Waals surface area (Å²) < 4.78 is 7.31. The summed E-state index contributed by atoms with van der Waals surface area (Å²) >= 11 is 0. The molecule has 0 unspecified atom stereocenters. The first-order valence-electron chi connectivity index (χ1n) is 45.8. The summed E-state index contributed by atoms with van der Waals surface area (Å²) in [4.78, 5) is 0.